The van der Waals surface area contributed by atoms with Crippen LogP contribution >= 0.6 is 0 Å². The average Bonchev–Trinajstić information content (AvgIpc) is 2.77. The summed E-state index contributed by atoms with van der Waals surface area (Å²) in [5, 5.41) is 0. The summed E-state index contributed by atoms with van der Waals surface area (Å²) >= 11 is 0. The first kappa shape index (κ1) is 13.8. The molecule has 1 heterocycles. The third-order valence-electron chi connectivity index (χ3n) is 4.29. The number of esters is 1. The molecule has 1 saturated carbocycles. The zero-order valence-electron chi connectivity index (χ0n) is 11.6. The summed E-state index contributed by atoms with van der Waals surface area (Å²) in [4.78, 5) is 13.7. The molecule has 2 aliphatic rings. The van der Waals surface area contributed by atoms with Crippen LogP contribution in [-0.4, -0.2) is 49.3 Å². The van der Waals surface area contributed by atoms with E-state index in [1.54, 1.807) is 0 Å². The standard InChI is InChI=1S/C14H25NO3/c1-3-17-13(16)11-15(2)12-6-9-18-14(10-12)7-4-5-8-14/h12H,3-11H2,1-2H3. The Kier molecular flexibility index (Phi) is 4.62. The third kappa shape index (κ3) is 3.23. The van der Waals surface area contributed by atoms with E-state index in [4.69, 9.17) is 9.47 Å². The van der Waals surface area contributed by atoms with Crippen LogP contribution in [0.15, 0.2) is 0 Å². The molecule has 0 radical (unpaired) electrons. The maximum Gasteiger partial charge on any atom is 0.320 e. The van der Waals surface area contributed by atoms with Crippen LogP contribution in [0.3, 0.4) is 0 Å². The molecule has 2 rings (SSSR count). The van der Waals surface area contributed by atoms with E-state index >= 15 is 0 Å². The van der Waals surface area contributed by atoms with Gasteiger partial charge in [0, 0.05) is 12.6 Å². The molecule has 0 amide bonds. The molecule has 1 saturated heterocycles. The molecule has 4 heteroatoms. The van der Waals surface area contributed by atoms with Crippen LogP contribution in [0, 0.1) is 0 Å². The minimum absolute atomic E-state index is 0.117. The lowest BCUT2D eigenvalue weighted by atomic mass is 9.88. The van der Waals surface area contributed by atoms with Gasteiger partial charge in [0.25, 0.3) is 0 Å². The Morgan fingerprint density at radius 2 is 2.17 bits per heavy atom. The highest BCUT2D eigenvalue weighted by Gasteiger charge is 2.41. The van der Waals surface area contributed by atoms with Crippen molar-refractivity contribution in [3.63, 3.8) is 0 Å². The molecule has 1 aliphatic carbocycles. The van der Waals surface area contributed by atoms with Gasteiger partial charge < -0.3 is 9.47 Å². The lowest BCUT2D eigenvalue weighted by molar-refractivity contribution is -0.147. The number of rotatable bonds is 4. The second-order valence-electron chi connectivity index (χ2n) is 5.61. The third-order valence-corrected chi connectivity index (χ3v) is 4.29. The van der Waals surface area contributed by atoms with Gasteiger partial charge in [0.2, 0.25) is 0 Å². The maximum absolute atomic E-state index is 11.5. The molecule has 0 aromatic rings. The largest absolute Gasteiger partial charge is 0.465 e. The minimum Gasteiger partial charge on any atom is -0.465 e. The highest BCUT2D eigenvalue weighted by atomic mass is 16.5. The van der Waals surface area contributed by atoms with Crippen molar-refractivity contribution in [1.29, 1.82) is 0 Å². The highest BCUT2D eigenvalue weighted by molar-refractivity contribution is 5.71. The predicted octanol–water partition coefficient (Wildman–Crippen LogP) is 1.97. The quantitative estimate of drug-likeness (QED) is 0.720. The smallest absolute Gasteiger partial charge is 0.320 e. The van der Waals surface area contributed by atoms with Crippen molar-refractivity contribution in [1.82, 2.24) is 4.90 Å². The molecule has 1 aliphatic heterocycles. The Balaban J connectivity index is 1.86. The van der Waals surface area contributed by atoms with Gasteiger partial charge in [-0.3, -0.25) is 9.69 Å². The van der Waals surface area contributed by atoms with E-state index in [-0.39, 0.29) is 11.6 Å². The van der Waals surface area contributed by atoms with Crippen molar-refractivity contribution in [3.05, 3.63) is 0 Å². The van der Waals surface area contributed by atoms with E-state index in [0.717, 1.165) is 19.4 Å². The normalized spacial score (nSPS) is 26.7. The summed E-state index contributed by atoms with van der Waals surface area (Å²) in [6, 6.07) is 0.459. The molecule has 1 atom stereocenters. The number of hydrogen-bond acceptors (Lipinski definition) is 4. The molecular formula is C14H25NO3. The first-order chi connectivity index (χ1) is 8.65. The highest BCUT2D eigenvalue weighted by Crippen LogP contribution is 2.40. The fourth-order valence-electron chi connectivity index (χ4n) is 3.29. The number of nitrogens with zero attached hydrogens (tertiary/aromatic N) is 1. The molecule has 0 aromatic heterocycles. The zero-order valence-corrected chi connectivity index (χ0v) is 11.6. The van der Waals surface area contributed by atoms with E-state index in [0.29, 0.717) is 19.2 Å². The van der Waals surface area contributed by atoms with Crippen molar-refractivity contribution < 1.29 is 14.3 Å². The molecule has 1 unspecified atom stereocenters. The molecule has 4 nitrogen and oxygen atoms in total. The van der Waals surface area contributed by atoms with E-state index < -0.39 is 0 Å². The molecule has 1 spiro atoms. The van der Waals surface area contributed by atoms with Gasteiger partial charge in [-0.2, -0.15) is 0 Å². The Hall–Kier alpha value is -0.610. The molecule has 0 bridgehead atoms. The maximum atomic E-state index is 11.5. The fourth-order valence-corrected chi connectivity index (χ4v) is 3.29. The average molecular weight is 255 g/mol. The van der Waals surface area contributed by atoms with Gasteiger partial charge in [-0.1, -0.05) is 12.8 Å². The van der Waals surface area contributed by atoms with Crippen LogP contribution in [-0.2, 0) is 14.3 Å². The Bertz CT molecular complexity index is 287. The topological polar surface area (TPSA) is 38.8 Å². The van der Waals surface area contributed by atoms with Crippen LogP contribution in [0.5, 0.6) is 0 Å². The van der Waals surface area contributed by atoms with E-state index in [1.165, 1.54) is 25.7 Å². The summed E-state index contributed by atoms with van der Waals surface area (Å²) in [6.45, 7) is 3.54. The van der Waals surface area contributed by atoms with Crippen molar-refractivity contribution in [2.75, 3.05) is 26.8 Å². The lowest BCUT2D eigenvalue weighted by Crippen LogP contribution is -2.47. The van der Waals surface area contributed by atoms with Crippen molar-refractivity contribution in [2.45, 2.75) is 57.1 Å². The Morgan fingerprint density at radius 1 is 1.44 bits per heavy atom. The van der Waals surface area contributed by atoms with Crippen LogP contribution in [0.1, 0.15) is 45.4 Å². The van der Waals surface area contributed by atoms with Crippen molar-refractivity contribution in [3.8, 4) is 0 Å². The van der Waals surface area contributed by atoms with Crippen LogP contribution in [0.2, 0.25) is 0 Å². The van der Waals surface area contributed by atoms with Gasteiger partial charge in [-0.05, 0) is 39.7 Å². The molecule has 104 valence electrons. The van der Waals surface area contributed by atoms with Gasteiger partial charge in [0.1, 0.15) is 0 Å². The number of carbonyl (C=O) groups is 1. The Labute approximate surface area is 110 Å². The minimum atomic E-state index is -0.119. The predicted molar refractivity (Wildman–Crippen MR) is 69.4 cm³/mol. The molecular weight excluding hydrogens is 230 g/mol. The van der Waals surface area contributed by atoms with Crippen molar-refractivity contribution in [2.24, 2.45) is 0 Å². The summed E-state index contributed by atoms with van der Waals surface area (Å²) < 4.78 is 11.0. The van der Waals surface area contributed by atoms with E-state index in [2.05, 4.69) is 4.90 Å². The zero-order chi connectivity index (χ0) is 13.0. The van der Waals surface area contributed by atoms with Crippen LogP contribution < -0.4 is 0 Å². The first-order valence-electron chi connectivity index (χ1n) is 7.15. The number of carbonyl (C=O) groups excluding carboxylic acids is 1. The molecule has 0 N–H and O–H groups in total. The van der Waals surface area contributed by atoms with Crippen molar-refractivity contribution >= 4 is 5.97 Å². The SMILES string of the molecule is CCOC(=O)CN(C)C1CCOC2(CCCC2)C1. The summed E-state index contributed by atoms with van der Waals surface area (Å²) in [7, 11) is 2.02. The molecule has 18 heavy (non-hydrogen) atoms. The summed E-state index contributed by atoms with van der Waals surface area (Å²) in [5.41, 5.74) is 0.117. The van der Waals surface area contributed by atoms with Gasteiger partial charge in [0.05, 0.1) is 18.8 Å². The van der Waals surface area contributed by atoms with Gasteiger partial charge >= 0.3 is 5.97 Å². The Morgan fingerprint density at radius 3 is 2.83 bits per heavy atom. The monoisotopic (exact) mass is 255 g/mol. The van der Waals surface area contributed by atoms with Crippen LogP contribution in [0.4, 0.5) is 0 Å². The van der Waals surface area contributed by atoms with E-state index in [1.807, 2.05) is 14.0 Å². The first-order valence-corrected chi connectivity index (χ1v) is 7.15. The van der Waals surface area contributed by atoms with Crippen LogP contribution in [0.25, 0.3) is 0 Å². The van der Waals surface area contributed by atoms with Gasteiger partial charge in [0.15, 0.2) is 0 Å². The van der Waals surface area contributed by atoms with Gasteiger partial charge in [-0.15, -0.1) is 0 Å². The summed E-state index contributed by atoms with van der Waals surface area (Å²) in [6.07, 6.45) is 7.05. The number of ether oxygens (including phenoxy) is 2. The second kappa shape index (κ2) is 6.02. The number of hydrogen-bond donors (Lipinski definition) is 0. The fraction of sp³-hybridized carbons (Fsp3) is 0.929. The number of likely N-dealkylation sites (N-methyl/N-ethyl adjacent to an activating group) is 1. The molecule has 2 fully saturated rings. The second-order valence-corrected chi connectivity index (χ2v) is 5.61. The molecule has 0 aromatic carbocycles. The van der Waals surface area contributed by atoms with E-state index in [9.17, 15) is 4.79 Å². The summed E-state index contributed by atoms with van der Waals surface area (Å²) in [5.74, 6) is -0.119. The lowest BCUT2D eigenvalue weighted by Gasteiger charge is -2.41. The van der Waals surface area contributed by atoms with Gasteiger partial charge in [-0.25, -0.2) is 0 Å².